The molecule has 1 aliphatic carbocycles. The number of aromatic nitrogens is 1. The van der Waals surface area contributed by atoms with Crippen LogP contribution in [0.1, 0.15) is 64.2 Å². The molecule has 0 saturated carbocycles. The lowest BCUT2D eigenvalue weighted by Crippen LogP contribution is -2.37. The van der Waals surface area contributed by atoms with Crippen LogP contribution in [0.2, 0.25) is 0 Å². The zero-order valence-electron chi connectivity index (χ0n) is 13.5. The predicted octanol–water partition coefficient (Wildman–Crippen LogP) is 1.19. The number of likely N-dealkylation sites (tertiary alicyclic amines) is 1. The predicted molar refractivity (Wildman–Crippen MR) is 84.6 cm³/mol. The highest BCUT2D eigenvalue weighted by Gasteiger charge is 2.34. The molecule has 1 fully saturated rings. The van der Waals surface area contributed by atoms with Gasteiger partial charge in [0.25, 0.3) is 5.91 Å². The van der Waals surface area contributed by atoms with Gasteiger partial charge in [-0.3, -0.25) is 9.59 Å². The second kappa shape index (κ2) is 6.09. The second-order valence-electron chi connectivity index (χ2n) is 6.78. The van der Waals surface area contributed by atoms with E-state index in [1.807, 2.05) is 6.92 Å². The lowest BCUT2D eigenvalue weighted by molar-refractivity contribution is -0.0250. The van der Waals surface area contributed by atoms with Gasteiger partial charge in [0.05, 0.1) is 23.3 Å². The monoisotopic (exact) mass is 320 g/mol. The number of aliphatic hydroxyl groups excluding tert-OH is 1. The maximum Gasteiger partial charge on any atom is 0.256 e. The highest BCUT2D eigenvalue weighted by molar-refractivity contribution is 6.10. The van der Waals surface area contributed by atoms with Gasteiger partial charge in [0.15, 0.2) is 5.78 Å². The molecule has 1 saturated heterocycles. The number of Topliss-reactive ketones (excluding diaryl/α,β-unsaturated/α-hetero) is 1. The van der Waals surface area contributed by atoms with E-state index in [9.17, 15) is 19.8 Å². The van der Waals surface area contributed by atoms with Crippen LogP contribution in [0.4, 0.5) is 0 Å². The van der Waals surface area contributed by atoms with Crippen molar-refractivity contribution >= 4 is 11.7 Å². The van der Waals surface area contributed by atoms with Gasteiger partial charge in [-0.1, -0.05) is 0 Å². The van der Waals surface area contributed by atoms with Crippen LogP contribution in [-0.2, 0) is 6.42 Å². The molecule has 1 aliphatic heterocycles. The van der Waals surface area contributed by atoms with Gasteiger partial charge in [-0.15, -0.1) is 0 Å². The number of carbonyl (C=O) groups is 2. The summed E-state index contributed by atoms with van der Waals surface area (Å²) in [6, 6.07) is 0. The Morgan fingerprint density at radius 2 is 2.04 bits per heavy atom. The lowest BCUT2D eigenvalue weighted by Gasteiger charge is -2.25. The molecule has 1 atom stereocenters. The summed E-state index contributed by atoms with van der Waals surface area (Å²) in [7, 11) is 0. The number of aromatic amines is 1. The molecule has 1 aromatic rings. The zero-order chi connectivity index (χ0) is 16.6. The Morgan fingerprint density at radius 3 is 2.78 bits per heavy atom. The summed E-state index contributed by atoms with van der Waals surface area (Å²) in [5.41, 5.74) is 1.59. The molecule has 1 aromatic heterocycles. The third-order valence-corrected chi connectivity index (χ3v) is 5.09. The van der Waals surface area contributed by atoms with Crippen molar-refractivity contribution in [3.8, 4) is 0 Å². The minimum Gasteiger partial charge on any atom is -0.393 e. The van der Waals surface area contributed by atoms with Crippen LogP contribution in [0, 0.1) is 6.92 Å². The van der Waals surface area contributed by atoms with Crippen molar-refractivity contribution in [3.05, 3.63) is 22.5 Å². The molecule has 3 rings (SSSR count). The molecule has 6 nitrogen and oxygen atoms in total. The Hall–Kier alpha value is -1.66. The fourth-order valence-corrected chi connectivity index (χ4v) is 3.70. The molecular weight excluding hydrogens is 296 g/mol. The standard InChI is InChI=1S/C17H24N2O4/c1-11-14(15-12(18-11)4-2-5-13(15)21)16(22)19-8-3-6-17(23,10-20)7-9-19/h18,20,23H,2-10H2,1H3. The number of nitrogens with zero attached hydrogens (tertiary/aromatic N) is 1. The summed E-state index contributed by atoms with van der Waals surface area (Å²) in [6.45, 7) is 2.48. The van der Waals surface area contributed by atoms with E-state index in [-0.39, 0.29) is 18.3 Å². The summed E-state index contributed by atoms with van der Waals surface area (Å²) in [6.07, 6.45) is 3.61. The highest BCUT2D eigenvalue weighted by atomic mass is 16.3. The van der Waals surface area contributed by atoms with E-state index in [0.29, 0.717) is 49.9 Å². The van der Waals surface area contributed by atoms with Gasteiger partial charge < -0.3 is 20.1 Å². The summed E-state index contributed by atoms with van der Waals surface area (Å²) in [4.78, 5) is 30.1. The van der Waals surface area contributed by atoms with E-state index >= 15 is 0 Å². The number of amides is 1. The number of carbonyl (C=O) groups excluding carboxylic acids is 2. The number of ketones is 1. The van der Waals surface area contributed by atoms with Gasteiger partial charge in [0.2, 0.25) is 0 Å². The van der Waals surface area contributed by atoms with Gasteiger partial charge in [0.1, 0.15) is 0 Å². The third kappa shape index (κ3) is 2.93. The van der Waals surface area contributed by atoms with Crippen LogP contribution in [-0.4, -0.2) is 57.1 Å². The number of nitrogens with one attached hydrogen (secondary N) is 1. The third-order valence-electron chi connectivity index (χ3n) is 5.09. The number of hydrogen-bond donors (Lipinski definition) is 3. The number of fused-ring (bicyclic) bond motifs is 1. The number of H-pyrrole nitrogens is 1. The largest absolute Gasteiger partial charge is 0.393 e. The molecule has 0 spiro atoms. The average Bonchev–Trinajstić information content (AvgIpc) is 2.74. The van der Waals surface area contributed by atoms with Crippen molar-refractivity contribution in [3.63, 3.8) is 0 Å². The van der Waals surface area contributed by atoms with E-state index in [2.05, 4.69) is 4.98 Å². The minimum atomic E-state index is -1.10. The molecule has 3 N–H and O–H groups in total. The van der Waals surface area contributed by atoms with Crippen molar-refractivity contribution in [1.29, 1.82) is 0 Å². The summed E-state index contributed by atoms with van der Waals surface area (Å²) < 4.78 is 0. The van der Waals surface area contributed by atoms with E-state index in [4.69, 9.17) is 0 Å². The fourth-order valence-electron chi connectivity index (χ4n) is 3.70. The van der Waals surface area contributed by atoms with Crippen LogP contribution in [0.15, 0.2) is 0 Å². The fraction of sp³-hybridized carbons (Fsp3) is 0.647. The van der Waals surface area contributed by atoms with Crippen LogP contribution in [0.5, 0.6) is 0 Å². The number of aliphatic hydroxyl groups is 2. The highest BCUT2D eigenvalue weighted by Crippen LogP contribution is 2.29. The summed E-state index contributed by atoms with van der Waals surface area (Å²) in [5.74, 6) is -0.0990. The Bertz CT molecular complexity index is 637. The molecule has 2 heterocycles. The lowest BCUT2D eigenvalue weighted by atomic mass is 9.92. The van der Waals surface area contributed by atoms with Gasteiger partial charge in [-0.05, 0) is 39.0 Å². The first kappa shape index (κ1) is 16.2. The minimum absolute atomic E-state index is 0.0423. The van der Waals surface area contributed by atoms with E-state index in [1.54, 1.807) is 4.90 Å². The Morgan fingerprint density at radius 1 is 1.26 bits per heavy atom. The van der Waals surface area contributed by atoms with E-state index < -0.39 is 5.60 Å². The Balaban J connectivity index is 1.87. The summed E-state index contributed by atoms with van der Waals surface area (Å²) >= 11 is 0. The molecule has 0 radical (unpaired) electrons. The van der Waals surface area contributed by atoms with Crippen LogP contribution in [0.3, 0.4) is 0 Å². The zero-order valence-corrected chi connectivity index (χ0v) is 13.5. The number of rotatable bonds is 2. The van der Waals surface area contributed by atoms with Crippen LogP contribution in [0.25, 0.3) is 0 Å². The maximum absolute atomic E-state index is 13.0. The van der Waals surface area contributed by atoms with Gasteiger partial charge in [0, 0.05) is 30.9 Å². The molecule has 1 amide bonds. The molecule has 0 aromatic carbocycles. The van der Waals surface area contributed by atoms with Crippen molar-refractivity contribution < 1.29 is 19.8 Å². The van der Waals surface area contributed by atoms with Crippen molar-refractivity contribution in [1.82, 2.24) is 9.88 Å². The smallest absolute Gasteiger partial charge is 0.256 e. The normalized spacial score (nSPS) is 25.2. The van der Waals surface area contributed by atoms with Crippen molar-refractivity contribution in [2.45, 2.75) is 51.0 Å². The quantitative estimate of drug-likeness (QED) is 0.763. The first-order chi connectivity index (χ1) is 10.9. The van der Waals surface area contributed by atoms with Crippen molar-refractivity contribution in [2.24, 2.45) is 0 Å². The molecular formula is C17H24N2O4. The Labute approximate surface area is 135 Å². The van der Waals surface area contributed by atoms with Gasteiger partial charge >= 0.3 is 0 Å². The van der Waals surface area contributed by atoms with Gasteiger partial charge in [-0.2, -0.15) is 0 Å². The second-order valence-corrected chi connectivity index (χ2v) is 6.78. The molecule has 23 heavy (non-hydrogen) atoms. The van der Waals surface area contributed by atoms with Crippen molar-refractivity contribution in [2.75, 3.05) is 19.7 Å². The van der Waals surface area contributed by atoms with E-state index in [0.717, 1.165) is 24.2 Å². The SMILES string of the molecule is Cc1[nH]c2c(c1C(=O)N1CCCC(O)(CO)CC1)C(=O)CCC2. The number of aryl methyl sites for hydroxylation is 2. The molecule has 1 unspecified atom stereocenters. The topological polar surface area (TPSA) is 93.6 Å². The summed E-state index contributed by atoms with van der Waals surface area (Å²) in [5, 5.41) is 19.5. The number of hydrogen-bond acceptors (Lipinski definition) is 4. The van der Waals surface area contributed by atoms with Gasteiger partial charge in [-0.25, -0.2) is 0 Å². The molecule has 6 heteroatoms. The molecule has 2 aliphatic rings. The maximum atomic E-state index is 13.0. The van der Waals surface area contributed by atoms with Crippen LogP contribution < -0.4 is 0 Å². The molecule has 126 valence electrons. The Kier molecular flexibility index (Phi) is 4.29. The average molecular weight is 320 g/mol. The first-order valence-corrected chi connectivity index (χ1v) is 8.32. The first-order valence-electron chi connectivity index (χ1n) is 8.32. The molecule has 0 bridgehead atoms. The van der Waals surface area contributed by atoms with Crippen LogP contribution >= 0.6 is 0 Å². The van der Waals surface area contributed by atoms with E-state index in [1.165, 1.54) is 0 Å².